The molecule has 3 N–H and O–H groups in total. The maximum atomic E-state index is 12.5. The normalized spacial score (nSPS) is 13.8. The standard InChI is InChI=1S/C23H26N4O5/c1-16(28)25-20-5-3-2-4-19(20)21(29)23(31)26-18-8-6-17(7-9-18)22(30)24-10-11-27-12-14-32-15-13-27/h2-9H,10-15H2,1H3,(H,24,30)(H,25,28)(H,26,31). The van der Waals surface area contributed by atoms with E-state index in [0.29, 0.717) is 31.0 Å². The lowest BCUT2D eigenvalue weighted by Crippen LogP contribution is -2.41. The van der Waals surface area contributed by atoms with Gasteiger partial charge in [-0.25, -0.2) is 0 Å². The Labute approximate surface area is 186 Å². The van der Waals surface area contributed by atoms with E-state index in [9.17, 15) is 19.2 Å². The molecule has 0 aromatic heterocycles. The molecular formula is C23H26N4O5. The molecule has 0 bridgehead atoms. The second kappa shape index (κ2) is 11.2. The van der Waals surface area contributed by atoms with Gasteiger partial charge in [0, 0.05) is 44.4 Å². The van der Waals surface area contributed by atoms with Crippen LogP contribution in [0.4, 0.5) is 11.4 Å². The van der Waals surface area contributed by atoms with Crippen LogP contribution < -0.4 is 16.0 Å². The van der Waals surface area contributed by atoms with Gasteiger partial charge < -0.3 is 20.7 Å². The number of nitrogens with one attached hydrogen (secondary N) is 3. The fourth-order valence-electron chi connectivity index (χ4n) is 3.25. The van der Waals surface area contributed by atoms with Gasteiger partial charge in [-0.3, -0.25) is 24.1 Å². The topological polar surface area (TPSA) is 117 Å². The predicted molar refractivity (Wildman–Crippen MR) is 120 cm³/mol. The maximum Gasteiger partial charge on any atom is 0.296 e. The molecule has 1 heterocycles. The van der Waals surface area contributed by atoms with Gasteiger partial charge in [0.15, 0.2) is 0 Å². The van der Waals surface area contributed by atoms with E-state index in [2.05, 4.69) is 20.9 Å². The zero-order valence-electron chi connectivity index (χ0n) is 17.8. The molecule has 1 aliphatic heterocycles. The van der Waals surface area contributed by atoms with Gasteiger partial charge in [0.05, 0.1) is 24.5 Å². The van der Waals surface area contributed by atoms with E-state index in [1.165, 1.54) is 13.0 Å². The van der Waals surface area contributed by atoms with E-state index in [4.69, 9.17) is 4.74 Å². The van der Waals surface area contributed by atoms with E-state index in [1.807, 2.05) is 0 Å². The zero-order valence-corrected chi connectivity index (χ0v) is 17.8. The summed E-state index contributed by atoms with van der Waals surface area (Å²) < 4.78 is 5.30. The number of hydrogen-bond donors (Lipinski definition) is 3. The zero-order chi connectivity index (χ0) is 22.9. The number of carbonyl (C=O) groups is 4. The van der Waals surface area contributed by atoms with Crippen molar-refractivity contribution in [1.82, 2.24) is 10.2 Å². The summed E-state index contributed by atoms with van der Waals surface area (Å²) in [7, 11) is 0. The summed E-state index contributed by atoms with van der Waals surface area (Å²) >= 11 is 0. The third kappa shape index (κ3) is 6.47. The molecule has 168 valence electrons. The number of carbonyl (C=O) groups excluding carboxylic acids is 4. The van der Waals surface area contributed by atoms with Crippen LogP contribution >= 0.6 is 0 Å². The summed E-state index contributed by atoms with van der Waals surface area (Å²) in [6, 6.07) is 12.6. The molecule has 32 heavy (non-hydrogen) atoms. The van der Waals surface area contributed by atoms with Gasteiger partial charge in [0.2, 0.25) is 5.91 Å². The van der Waals surface area contributed by atoms with Crippen LogP contribution in [-0.4, -0.2) is 67.8 Å². The number of benzene rings is 2. The molecular weight excluding hydrogens is 412 g/mol. The second-order valence-corrected chi connectivity index (χ2v) is 7.30. The van der Waals surface area contributed by atoms with Crippen LogP contribution in [0.1, 0.15) is 27.6 Å². The Bertz CT molecular complexity index is 984. The number of amides is 3. The molecule has 0 atom stereocenters. The van der Waals surface area contributed by atoms with Crippen molar-refractivity contribution in [3.63, 3.8) is 0 Å². The smallest absolute Gasteiger partial charge is 0.296 e. The first-order valence-corrected chi connectivity index (χ1v) is 10.3. The van der Waals surface area contributed by atoms with Crippen molar-refractivity contribution in [3.8, 4) is 0 Å². The Balaban J connectivity index is 1.53. The van der Waals surface area contributed by atoms with Crippen LogP contribution in [0.5, 0.6) is 0 Å². The quantitative estimate of drug-likeness (QED) is 0.425. The minimum Gasteiger partial charge on any atom is -0.379 e. The number of Topliss-reactive ketones (excluding diaryl/α,β-unsaturated/α-hetero) is 1. The third-order valence-corrected chi connectivity index (χ3v) is 4.91. The molecule has 0 radical (unpaired) electrons. The van der Waals surface area contributed by atoms with E-state index in [-0.39, 0.29) is 23.1 Å². The largest absolute Gasteiger partial charge is 0.379 e. The fourth-order valence-corrected chi connectivity index (χ4v) is 3.25. The average Bonchev–Trinajstić information content (AvgIpc) is 2.79. The maximum absolute atomic E-state index is 12.5. The summed E-state index contributed by atoms with van der Waals surface area (Å²) in [4.78, 5) is 50.8. The number of anilines is 2. The Hall–Kier alpha value is -3.56. The van der Waals surface area contributed by atoms with E-state index in [1.54, 1.807) is 42.5 Å². The van der Waals surface area contributed by atoms with Crippen LogP contribution in [0.3, 0.4) is 0 Å². The number of hydrogen-bond acceptors (Lipinski definition) is 6. The first-order valence-electron chi connectivity index (χ1n) is 10.3. The van der Waals surface area contributed by atoms with Crippen LogP contribution in [0.15, 0.2) is 48.5 Å². The number of para-hydroxylation sites is 1. The summed E-state index contributed by atoms with van der Waals surface area (Å²) in [6.07, 6.45) is 0. The lowest BCUT2D eigenvalue weighted by molar-refractivity contribution is -0.114. The van der Waals surface area contributed by atoms with Crippen LogP contribution in [-0.2, 0) is 14.3 Å². The molecule has 0 saturated carbocycles. The highest BCUT2D eigenvalue weighted by Crippen LogP contribution is 2.17. The molecule has 2 aromatic rings. The molecule has 0 unspecified atom stereocenters. The monoisotopic (exact) mass is 438 g/mol. The predicted octanol–water partition coefficient (Wildman–Crippen LogP) is 1.53. The highest BCUT2D eigenvalue weighted by molar-refractivity contribution is 6.47. The molecule has 0 aliphatic carbocycles. The minimum atomic E-state index is -0.842. The number of rotatable bonds is 8. The van der Waals surface area contributed by atoms with Gasteiger partial charge in [-0.1, -0.05) is 12.1 Å². The fraction of sp³-hybridized carbons (Fsp3) is 0.304. The van der Waals surface area contributed by atoms with Gasteiger partial charge in [-0.2, -0.15) is 0 Å². The van der Waals surface area contributed by atoms with E-state index in [0.717, 1.165) is 19.6 Å². The highest BCUT2D eigenvalue weighted by Gasteiger charge is 2.20. The highest BCUT2D eigenvalue weighted by atomic mass is 16.5. The molecule has 1 fully saturated rings. The molecule has 9 nitrogen and oxygen atoms in total. The van der Waals surface area contributed by atoms with Crippen molar-refractivity contribution >= 4 is 34.9 Å². The third-order valence-electron chi connectivity index (χ3n) is 4.91. The molecule has 9 heteroatoms. The summed E-state index contributed by atoms with van der Waals surface area (Å²) in [5.74, 6) is -2.18. The van der Waals surface area contributed by atoms with Crippen molar-refractivity contribution in [3.05, 3.63) is 59.7 Å². The summed E-state index contributed by atoms with van der Waals surface area (Å²) in [6.45, 7) is 5.74. The van der Waals surface area contributed by atoms with Crippen LogP contribution in [0.2, 0.25) is 0 Å². The Morgan fingerprint density at radius 2 is 1.62 bits per heavy atom. The number of nitrogens with zero attached hydrogens (tertiary/aromatic N) is 1. The van der Waals surface area contributed by atoms with E-state index >= 15 is 0 Å². The molecule has 2 aromatic carbocycles. The Kier molecular flexibility index (Phi) is 8.07. The SMILES string of the molecule is CC(=O)Nc1ccccc1C(=O)C(=O)Nc1ccc(C(=O)NCCN2CCOCC2)cc1. The minimum absolute atomic E-state index is 0.0939. The van der Waals surface area contributed by atoms with Crippen LogP contribution in [0.25, 0.3) is 0 Å². The Morgan fingerprint density at radius 3 is 2.31 bits per heavy atom. The first kappa shape index (κ1) is 23.1. The van der Waals surface area contributed by atoms with Crippen LogP contribution in [0, 0.1) is 0 Å². The molecule has 1 aliphatic rings. The lowest BCUT2D eigenvalue weighted by Gasteiger charge is -2.26. The molecule has 0 spiro atoms. The number of ketones is 1. The average molecular weight is 438 g/mol. The first-order chi connectivity index (χ1) is 15.4. The van der Waals surface area contributed by atoms with Crippen molar-refractivity contribution in [2.75, 3.05) is 50.0 Å². The molecule has 3 amide bonds. The van der Waals surface area contributed by atoms with Gasteiger partial charge in [-0.05, 0) is 36.4 Å². The number of ether oxygens (including phenoxy) is 1. The van der Waals surface area contributed by atoms with Crippen molar-refractivity contribution in [2.24, 2.45) is 0 Å². The van der Waals surface area contributed by atoms with Gasteiger partial charge in [0.1, 0.15) is 0 Å². The van der Waals surface area contributed by atoms with Crippen molar-refractivity contribution in [1.29, 1.82) is 0 Å². The van der Waals surface area contributed by atoms with Gasteiger partial charge >= 0.3 is 0 Å². The lowest BCUT2D eigenvalue weighted by atomic mass is 10.1. The van der Waals surface area contributed by atoms with Crippen molar-refractivity contribution < 1.29 is 23.9 Å². The van der Waals surface area contributed by atoms with Crippen molar-refractivity contribution in [2.45, 2.75) is 6.92 Å². The summed E-state index contributed by atoms with van der Waals surface area (Å²) in [5.41, 5.74) is 1.19. The van der Waals surface area contributed by atoms with Gasteiger partial charge in [0.25, 0.3) is 17.6 Å². The summed E-state index contributed by atoms with van der Waals surface area (Å²) in [5, 5.41) is 7.93. The Morgan fingerprint density at radius 1 is 0.938 bits per heavy atom. The second-order valence-electron chi connectivity index (χ2n) is 7.30. The van der Waals surface area contributed by atoms with Gasteiger partial charge in [-0.15, -0.1) is 0 Å². The number of morpholine rings is 1. The molecule has 1 saturated heterocycles. The molecule has 3 rings (SSSR count). The van der Waals surface area contributed by atoms with E-state index < -0.39 is 11.7 Å².